The van der Waals surface area contributed by atoms with Gasteiger partial charge < -0.3 is 14.5 Å². The number of ether oxygens (including phenoxy) is 1. The van der Waals surface area contributed by atoms with Gasteiger partial charge in [0.25, 0.3) is 0 Å². The van der Waals surface area contributed by atoms with E-state index in [2.05, 4.69) is 21.2 Å². The summed E-state index contributed by atoms with van der Waals surface area (Å²) in [6, 6.07) is 2.39. The van der Waals surface area contributed by atoms with Crippen LogP contribution in [0.2, 0.25) is 0 Å². The molecule has 1 fully saturated rings. The minimum absolute atomic E-state index is 0.363. The summed E-state index contributed by atoms with van der Waals surface area (Å²) < 4.78 is 11.5. The van der Waals surface area contributed by atoms with Gasteiger partial charge in [-0.25, -0.2) is 0 Å². The Morgan fingerprint density at radius 3 is 2.73 bits per heavy atom. The SMILES string of the molecule is CNC(c1ccoc1Br)C1CCOCC1. The van der Waals surface area contributed by atoms with E-state index in [4.69, 9.17) is 9.15 Å². The first-order valence-corrected chi connectivity index (χ1v) is 6.10. The molecule has 15 heavy (non-hydrogen) atoms. The third-order valence-corrected chi connectivity index (χ3v) is 3.67. The van der Waals surface area contributed by atoms with E-state index < -0.39 is 0 Å². The van der Waals surface area contributed by atoms with Crippen molar-refractivity contribution in [1.29, 1.82) is 0 Å². The molecule has 2 rings (SSSR count). The summed E-state index contributed by atoms with van der Waals surface area (Å²) in [4.78, 5) is 0. The molecule has 3 nitrogen and oxygen atoms in total. The molecule has 0 saturated carbocycles. The maximum atomic E-state index is 5.38. The Labute approximate surface area is 98.3 Å². The fourth-order valence-corrected chi connectivity index (χ4v) is 2.71. The largest absolute Gasteiger partial charge is 0.457 e. The first-order valence-electron chi connectivity index (χ1n) is 5.31. The molecular weight excluding hydrogens is 258 g/mol. The number of hydrogen-bond donors (Lipinski definition) is 1. The van der Waals surface area contributed by atoms with E-state index in [1.807, 2.05) is 13.1 Å². The lowest BCUT2D eigenvalue weighted by Gasteiger charge is -2.29. The van der Waals surface area contributed by atoms with E-state index in [0.717, 1.165) is 30.7 Å². The molecule has 1 aromatic rings. The number of hydrogen-bond acceptors (Lipinski definition) is 3. The van der Waals surface area contributed by atoms with Crippen molar-refractivity contribution < 1.29 is 9.15 Å². The van der Waals surface area contributed by atoms with E-state index in [0.29, 0.717) is 12.0 Å². The lowest BCUT2D eigenvalue weighted by Crippen LogP contribution is -2.29. The highest BCUT2D eigenvalue weighted by Gasteiger charge is 2.26. The number of furan rings is 1. The zero-order chi connectivity index (χ0) is 10.7. The lowest BCUT2D eigenvalue weighted by molar-refractivity contribution is 0.0544. The molecule has 2 heterocycles. The molecule has 0 radical (unpaired) electrons. The molecule has 0 spiro atoms. The van der Waals surface area contributed by atoms with E-state index in [1.165, 1.54) is 5.56 Å². The van der Waals surface area contributed by atoms with Crippen molar-refractivity contribution in [2.24, 2.45) is 5.92 Å². The lowest BCUT2D eigenvalue weighted by atomic mass is 9.88. The van der Waals surface area contributed by atoms with Gasteiger partial charge in [0.2, 0.25) is 0 Å². The van der Waals surface area contributed by atoms with Crippen LogP contribution in [0.25, 0.3) is 0 Å². The van der Waals surface area contributed by atoms with Crippen molar-refractivity contribution in [2.75, 3.05) is 20.3 Å². The molecule has 1 atom stereocenters. The van der Waals surface area contributed by atoms with E-state index in [1.54, 1.807) is 6.26 Å². The van der Waals surface area contributed by atoms with Crippen LogP contribution in [-0.4, -0.2) is 20.3 Å². The summed E-state index contributed by atoms with van der Waals surface area (Å²) in [5.41, 5.74) is 1.21. The predicted octanol–water partition coefficient (Wildman–Crippen LogP) is 2.73. The number of halogens is 1. The van der Waals surface area contributed by atoms with Crippen molar-refractivity contribution in [3.05, 3.63) is 22.6 Å². The van der Waals surface area contributed by atoms with E-state index in [-0.39, 0.29) is 0 Å². The van der Waals surface area contributed by atoms with Gasteiger partial charge in [-0.3, -0.25) is 0 Å². The summed E-state index contributed by atoms with van der Waals surface area (Å²) in [6.07, 6.45) is 3.95. The van der Waals surface area contributed by atoms with Crippen LogP contribution < -0.4 is 5.32 Å². The summed E-state index contributed by atoms with van der Waals surface area (Å²) in [5.74, 6) is 0.637. The Morgan fingerprint density at radius 2 is 2.20 bits per heavy atom. The van der Waals surface area contributed by atoms with Crippen LogP contribution in [0.5, 0.6) is 0 Å². The third-order valence-electron chi connectivity index (χ3n) is 3.03. The fourth-order valence-electron chi connectivity index (χ4n) is 2.22. The quantitative estimate of drug-likeness (QED) is 0.920. The van der Waals surface area contributed by atoms with Gasteiger partial charge in [0.15, 0.2) is 4.67 Å². The predicted molar refractivity (Wildman–Crippen MR) is 61.8 cm³/mol. The number of rotatable bonds is 3. The minimum atomic E-state index is 0.363. The highest BCUT2D eigenvalue weighted by molar-refractivity contribution is 9.10. The molecule has 1 saturated heterocycles. The maximum Gasteiger partial charge on any atom is 0.173 e. The van der Waals surface area contributed by atoms with Crippen molar-refractivity contribution in [1.82, 2.24) is 5.32 Å². The Morgan fingerprint density at radius 1 is 1.47 bits per heavy atom. The Bertz CT molecular complexity index is 307. The average Bonchev–Trinajstić information content (AvgIpc) is 2.68. The highest BCUT2D eigenvalue weighted by atomic mass is 79.9. The summed E-state index contributed by atoms with van der Waals surface area (Å²) in [7, 11) is 2.00. The summed E-state index contributed by atoms with van der Waals surface area (Å²) >= 11 is 3.44. The van der Waals surface area contributed by atoms with Crippen molar-refractivity contribution >= 4 is 15.9 Å². The monoisotopic (exact) mass is 273 g/mol. The van der Waals surface area contributed by atoms with Crippen molar-refractivity contribution in [3.8, 4) is 0 Å². The first-order chi connectivity index (χ1) is 7.33. The van der Waals surface area contributed by atoms with Gasteiger partial charge in [0.05, 0.1) is 6.26 Å². The van der Waals surface area contributed by atoms with Crippen LogP contribution in [0.1, 0.15) is 24.4 Å². The van der Waals surface area contributed by atoms with Gasteiger partial charge in [-0.2, -0.15) is 0 Å². The second-order valence-corrected chi connectivity index (χ2v) is 4.59. The Hall–Kier alpha value is -0.320. The van der Waals surface area contributed by atoms with Crippen LogP contribution in [0.3, 0.4) is 0 Å². The Kier molecular flexibility index (Phi) is 3.83. The smallest absolute Gasteiger partial charge is 0.173 e. The molecule has 1 N–H and O–H groups in total. The first kappa shape index (κ1) is 11.2. The molecule has 1 aliphatic rings. The summed E-state index contributed by atoms with van der Waals surface area (Å²) in [5, 5.41) is 3.37. The van der Waals surface area contributed by atoms with Gasteiger partial charge in [0.1, 0.15) is 0 Å². The second-order valence-electron chi connectivity index (χ2n) is 3.87. The molecule has 1 aliphatic heterocycles. The molecule has 4 heteroatoms. The zero-order valence-corrected chi connectivity index (χ0v) is 10.4. The Balaban J connectivity index is 2.12. The molecule has 1 aromatic heterocycles. The molecule has 1 unspecified atom stereocenters. The van der Waals surface area contributed by atoms with Gasteiger partial charge >= 0.3 is 0 Å². The van der Waals surface area contributed by atoms with Crippen LogP contribution in [0.15, 0.2) is 21.4 Å². The van der Waals surface area contributed by atoms with Crippen LogP contribution in [0, 0.1) is 5.92 Å². The van der Waals surface area contributed by atoms with Gasteiger partial charge in [0, 0.05) is 24.8 Å². The van der Waals surface area contributed by atoms with E-state index in [9.17, 15) is 0 Å². The number of nitrogens with one attached hydrogen (secondary N) is 1. The van der Waals surface area contributed by atoms with Crippen molar-refractivity contribution in [2.45, 2.75) is 18.9 Å². The summed E-state index contributed by atoms with van der Waals surface area (Å²) in [6.45, 7) is 1.75. The molecule has 0 amide bonds. The normalized spacial score (nSPS) is 20.4. The molecule has 0 bridgehead atoms. The molecular formula is C11H16BrNO2. The zero-order valence-electron chi connectivity index (χ0n) is 8.83. The van der Waals surface area contributed by atoms with Crippen LogP contribution in [-0.2, 0) is 4.74 Å². The van der Waals surface area contributed by atoms with Crippen molar-refractivity contribution in [3.63, 3.8) is 0 Å². The van der Waals surface area contributed by atoms with Gasteiger partial charge in [-0.05, 0) is 47.8 Å². The molecule has 84 valence electrons. The highest BCUT2D eigenvalue weighted by Crippen LogP contribution is 2.34. The topological polar surface area (TPSA) is 34.4 Å². The second kappa shape index (κ2) is 5.14. The maximum absolute atomic E-state index is 5.38. The van der Waals surface area contributed by atoms with Gasteiger partial charge in [-0.1, -0.05) is 0 Å². The average molecular weight is 274 g/mol. The van der Waals surface area contributed by atoms with E-state index >= 15 is 0 Å². The third kappa shape index (κ3) is 2.44. The van der Waals surface area contributed by atoms with Crippen LogP contribution in [0.4, 0.5) is 0 Å². The molecule has 0 aliphatic carbocycles. The van der Waals surface area contributed by atoms with Crippen LogP contribution >= 0.6 is 15.9 Å². The standard InChI is InChI=1S/C11H16BrNO2/c1-13-10(8-2-5-14-6-3-8)9-4-7-15-11(9)12/h4,7-8,10,13H,2-3,5-6H2,1H3. The fraction of sp³-hybridized carbons (Fsp3) is 0.636. The molecule has 0 aromatic carbocycles. The minimum Gasteiger partial charge on any atom is -0.457 e. The van der Waals surface area contributed by atoms with Gasteiger partial charge in [-0.15, -0.1) is 0 Å².